The molecule has 0 bridgehead atoms. The van der Waals surface area contributed by atoms with E-state index in [4.69, 9.17) is 17.3 Å². The van der Waals surface area contributed by atoms with Gasteiger partial charge in [-0.25, -0.2) is 0 Å². The van der Waals surface area contributed by atoms with Gasteiger partial charge in [0.2, 0.25) is 11.6 Å². The highest BCUT2D eigenvalue weighted by Gasteiger charge is 2.41. The summed E-state index contributed by atoms with van der Waals surface area (Å²) < 4.78 is 1.64. The summed E-state index contributed by atoms with van der Waals surface area (Å²) in [4.78, 5) is 27.3. The zero-order valence-corrected chi connectivity index (χ0v) is 19.8. The average Bonchev–Trinajstić information content (AvgIpc) is 3.23. The molecule has 32 heavy (non-hydrogen) atoms. The normalized spacial score (nSPS) is 22.8. The lowest BCUT2D eigenvalue weighted by Gasteiger charge is -2.44. The van der Waals surface area contributed by atoms with Crippen LogP contribution >= 0.6 is 24.0 Å². The summed E-state index contributed by atoms with van der Waals surface area (Å²) in [5.74, 6) is 0.0247. The van der Waals surface area contributed by atoms with Crippen molar-refractivity contribution >= 4 is 35.8 Å². The van der Waals surface area contributed by atoms with Crippen molar-refractivity contribution in [2.45, 2.75) is 57.0 Å². The van der Waals surface area contributed by atoms with Crippen LogP contribution in [-0.2, 0) is 12.0 Å². The molecule has 0 unspecified atom stereocenters. The molecular weight excluding hydrogens is 451 g/mol. The van der Waals surface area contributed by atoms with Crippen LogP contribution in [0.1, 0.15) is 65.8 Å². The molecule has 174 valence electrons. The molecule has 0 radical (unpaired) electrons. The second kappa shape index (κ2) is 10.2. The van der Waals surface area contributed by atoms with E-state index in [1.54, 1.807) is 4.57 Å². The van der Waals surface area contributed by atoms with E-state index in [0.717, 1.165) is 37.1 Å². The zero-order chi connectivity index (χ0) is 22.0. The van der Waals surface area contributed by atoms with Crippen molar-refractivity contribution in [3.8, 4) is 0 Å². The Morgan fingerprint density at radius 3 is 2.69 bits per heavy atom. The molecule has 2 aliphatic rings. The molecule has 2 heterocycles. The number of nitrogens with zero attached hydrogens (tertiary/aromatic N) is 4. The van der Waals surface area contributed by atoms with Crippen molar-refractivity contribution in [1.29, 1.82) is 0 Å². The van der Waals surface area contributed by atoms with Crippen LogP contribution in [0, 0.1) is 0 Å². The molecule has 1 fully saturated rings. The molecule has 1 saturated carbocycles. The summed E-state index contributed by atoms with van der Waals surface area (Å²) in [5.41, 5.74) is 7.29. The van der Waals surface area contributed by atoms with Crippen LogP contribution in [0.4, 0.5) is 0 Å². The van der Waals surface area contributed by atoms with Gasteiger partial charge in [0.1, 0.15) is 0 Å². The molecule has 1 aromatic heterocycles. The molecular formula is C22H30Cl2N6O2. The number of carbonyl (C=O) groups is 2. The van der Waals surface area contributed by atoms with Gasteiger partial charge >= 0.3 is 0 Å². The monoisotopic (exact) mass is 480 g/mol. The summed E-state index contributed by atoms with van der Waals surface area (Å²) in [5, 5.41) is 11.5. The van der Waals surface area contributed by atoms with E-state index in [9.17, 15) is 9.59 Å². The van der Waals surface area contributed by atoms with Crippen molar-refractivity contribution in [1.82, 2.24) is 25.0 Å². The van der Waals surface area contributed by atoms with E-state index in [1.807, 2.05) is 30.0 Å². The predicted molar refractivity (Wildman–Crippen MR) is 125 cm³/mol. The van der Waals surface area contributed by atoms with E-state index in [1.165, 1.54) is 5.56 Å². The van der Waals surface area contributed by atoms with Crippen LogP contribution < -0.4 is 11.1 Å². The minimum atomic E-state index is -0.284. The molecule has 1 aliphatic carbocycles. The van der Waals surface area contributed by atoms with Gasteiger partial charge in [0.05, 0.1) is 0 Å². The Morgan fingerprint density at radius 1 is 1.28 bits per heavy atom. The van der Waals surface area contributed by atoms with E-state index in [-0.39, 0.29) is 47.3 Å². The first kappa shape index (κ1) is 24.5. The molecule has 3 N–H and O–H groups in total. The van der Waals surface area contributed by atoms with E-state index in [2.05, 4.69) is 21.6 Å². The van der Waals surface area contributed by atoms with Crippen LogP contribution in [0.5, 0.6) is 0 Å². The second-order valence-electron chi connectivity index (χ2n) is 8.48. The number of hydrogen-bond donors (Lipinski definition) is 2. The van der Waals surface area contributed by atoms with E-state index >= 15 is 0 Å². The van der Waals surface area contributed by atoms with Crippen LogP contribution in [0.25, 0.3) is 0 Å². The molecule has 0 atom stereocenters. The van der Waals surface area contributed by atoms with Gasteiger partial charge in [-0.2, -0.15) is 0 Å². The number of hydrogen-bond acceptors (Lipinski definition) is 5. The number of aromatic nitrogens is 3. The molecule has 10 heteroatoms. The Kier molecular flexibility index (Phi) is 7.79. The first-order valence-corrected chi connectivity index (χ1v) is 11.4. The maximum Gasteiger partial charge on any atom is 0.292 e. The highest BCUT2D eigenvalue weighted by molar-refractivity contribution is 6.30. The lowest BCUT2D eigenvalue weighted by molar-refractivity contribution is 0.0521. The van der Waals surface area contributed by atoms with E-state index in [0.29, 0.717) is 26.2 Å². The fraction of sp³-hybridized carbons (Fsp3) is 0.545. The number of rotatable bonds is 6. The molecule has 1 aromatic carbocycles. The Hall–Kier alpha value is -2.16. The molecule has 0 spiro atoms. The molecule has 2 amide bonds. The molecule has 1 aliphatic heterocycles. The molecule has 8 nitrogen and oxygen atoms in total. The molecule has 4 rings (SSSR count). The van der Waals surface area contributed by atoms with Crippen LogP contribution in [0.15, 0.2) is 24.3 Å². The van der Waals surface area contributed by atoms with Gasteiger partial charge in [0.15, 0.2) is 0 Å². The van der Waals surface area contributed by atoms with Gasteiger partial charge in [-0.1, -0.05) is 30.7 Å². The fourth-order valence-corrected chi connectivity index (χ4v) is 5.03. The van der Waals surface area contributed by atoms with Gasteiger partial charge in [-0.15, -0.1) is 22.6 Å². The third kappa shape index (κ3) is 4.49. The maximum absolute atomic E-state index is 13.1. The third-order valence-electron chi connectivity index (χ3n) is 6.69. The summed E-state index contributed by atoms with van der Waals surface area (Å²) in [6, 6.07) is 8.08. The SMILES string of the molecule is CCCNC(=O)c1nnc2n1CCN(C1CCC(CN)(c3cccc(Cl)c3)CC1)C2=O.Cl. The highest BCUT2D eigenvalue weighted by atomic mass is 35.5. The standard InChI is InChI=1S/C22H29ClN6O2.ClH/c1-2-10-25-20(30)18-26-27-19-21(31)28(11-12-29(18)19)17-6-8-22(14-24,9-7-17)15-4-3-5-16(23)13-15;/h3-5,13,17H,2,6-12,14,24H2,1H3,(H,25,30);1H. The maximum atomic E-state index is 13.1. The lowest BCUT2D eigenvalue weighted by Crippen LogP contribution is -2.51. The first-order valence-electron chi connectivity index (χ1n) is 11.0. The van der Waals surface area contributed by atoms with E-state index < -0.39 is 0 Å². The Balaban J connectivity index is 0.00000289. The Bertz CT molecular complexity index is 971. The van der Waals surface area contributed by atoms with Crippen LogP contribution in [0.2, 0.25) is 5.02 Å². The first-order chi connectivity index (χ1) is 15.0. The third-order valence-corrected chi connectivity index (χ3v) is 6.92. The summed E-state index contributed by atoms with van der Waals surface area (Å²) in [7, 11) is 0. The van der Waals surface area contributed by atoms with Gasteiger partial charge in [0, 0.05) is 42.7 Å². The predicted octanol–water partition coefficient (Wildman–Crippen LogP) is 2.79. The summed E-state index contributed by atoms with van der Waals surface area (Å²) >= 11 is 6.22. The van der Waals surface area contributed by atoms with Crippen molar-refractivity contribution in [2.24, 2.45) is 5.73 Å². The molecule has 0 saturated heterocycles. The van der Waals surface area contributed by atoms with Crippen molar-refractivity contribution in [2.75, 3.05) is 19.6 Å². The largest absolute Gasteiger partial charge is 0.349 e. The Labute approximate surface area is 199 Å². The quantitative estimate of drug-likeness (QED) is 0.660. The summed E-state index contributed by atoms with van der Waals surface area (Å²) in [6.07, 6.45) is 4.37. The number of benzene rings is 1. The average molecular weight is 481 g/mol. The fourth-order valence-electron chi connectivity index (χ4n) is 4.84. The number of halogens is 2. The number of fused-ring (bicyclic) bond motifs is 1. The van der Waals surface area contributed by atoms with Crippen molar-refractivity contribution in [3.05, 3.63) is 46.5 Å². The molecule has 2 aromatic rings. The van der Waals surface area contributed by atoms with Crippen LogP contribution in [0.3, 0.4) is 0 Å². The smallest absolute Gasteiger partial charge is 0.292 e. The minimum absolute atomic E-state index is 0. The van der Waals surface area contributed by atoms with Gasteiger partial charge in [-0.05, 0) is 49.8 Å². The zero-order valence-electron chi connectivity index (χ0n) is 18.2. The minimum Gasteiger partial charge on any atom is -0.349 e. The topological polar surface area (TPSA) is 106 Å². The lowest BCUT2D eigenvalue weighted by atomic mass is 9.68. The van der Waals surface area contributed by atoms with Crippen molar-refractivity contribution < 1.29 is 9.59 Å². The summed E-state index contributed by atoms with van der Waals surface area (Å²) in [6.45, 7) is 4.18. The number of nitrogens with two attached hydrogens (primary N) is 1. The number of nitrogens with one attached hydrogen (secondary N) is 1. The van der Waals surface area contributed by atoms with Crippen molar-refractivity contribution in [3.63, 3.8) is 0 Å². The second-order valence-corrected chi connectivity index (χ2v) is 8.92. The number of amides is 2. The van der Waals surface area contributed by atoms with Gasteiger partial charge < -0.3 is 16.0 Å². The number of carbonyl (C=O) groups excluding carboxylic acids is 2. The van der Waals surface area contributed by atoms with Gasteiger partial charge in [0.25, 0.3) is 11.8 Å². The van der Waals surface area contributed by atoms with Gasteiger partial charge in [-0.3, -0.25) is 14.2 Å². The van der Waals surface area contributed by atoms with Crippen LogP contribution in [-0.4, -0.2) is 57.2 Å². The highest BCUT2D eigenvalue weighted by Crippen LogP contribution is 2.41. The Morgan fingerprint density at radius 2 is 2.03 bits per heavy atom.